The number of benzene rings is 1. The fraction of sp³-hybridized carbons (Fsp3) is 0.588. The number of carbonyl (C=O) groups excluding carboxylic acids is 1. The average Bonchev–Trinajstić information content (AvgIpc) is 3.10. The molecular weight excluding hydrogens is 333 g/mol. The van der Waals surface area contributed by atoms with Crippen molar-refractivity contribution < 1.29 is 21.8 Å². The van der Waals surface area contributed by atoms with Gasteiger partial charge in [0.05, 0.1) is 24.5 Å². The molecule has 1 aliphatic heterocycles. The number of hydrogen-bond donors (Lipinski definition) is 0. The topological polar surface area (TPSA) is 63.7 Å². The quantitative estimate of drug-likeness (QED) is 0.735. The zero-order valence-corrected chi connectivity index (χ0v) is 14.3. The molecular formula is C17H22FNO4S. The van der Waals surface area contributed by atoms with Crippen molar-refractivity contribution in [3.63, 3.8) is 0 Å². The first kappa shape index (κ1) is 17.4. The lowest BCUT2D eigenvalue weighted by molar-refractivity contribution is -0.132. The normalized spacial score (nSPS) is 27.8. The predicted molar refractivity (Wildman–Crippen MR) is 87.4 cm³/mol. The monoisotopic (exact) mass is 355 g/mol. The molecule has 0 aromatic heterocycles. The van der Waals surface area contributed by atoms with E-state index >= 15 is 0 Å². The Labute approximate surface area is 142 Å². The molecule has 0 N–H and O–H groups in total. The molecule has 2 aliphatic rings. The van der Waals surface area contributed by atoms with Gasteiger partial charge in [0.2, 0.25) is 5.91 Å². The van der Waals surface area contributed by atoms with Gasteiger partial charge in [-0.25, -0.2) is 0 Å². The van der Waals surface area contributed by atoms with E-state index in [-0.39, 0.29) is 24.5 Å². The summed E-state index contributed by atoms with van der Waals surface area (Å²) in [6.07, 6.45) is 2.76. The third kappa shape index (κ3) is 4.33. The summed E-state index contributed by atoms with van der Waals surface area (Å²) in [6, 6.07) is 9.81. The maximum absolute atomic E-state index is 12.9. The molecule has 0 spiro atoms. The molecule has 1 aromatic carbocycles. The lowest BCUT2D eigenvalue weighted by Gasteiger charge is -2.30. The number of ether oxygens (including phenoxy) is 1. The van der Waals surface area contributed by atoms with Crippen LogP contribution in [0.5, 0.6) is 0 Å². The van der Waals surface area contributed by atoms with Crippen LogP contribution in [0.15, 0.2) is 30.3 Å². The molecule has 5 nitrogen and oxygen atoms in total. The van der Waals surface area contributed by atoms with Crippen molar-refractivity contribution in [3.8, 4) is 0 Å². The maximum atomic E-state index is 12.9. The Morgan fingerprint density at radius 2 is 1.96 bits per heavy atom. The first-order valence-electron chi connectivity index (χ1n) is 8.30. The molecule has 3 unspecified atom stereocenters. The van der Waals surface area contributed by atoms with E-state index in [9.17, 15) is 17.1 Å². The first-order chi connectivity index (χ1) is 11.4. The summed E-state index contributed by atoms with van der Waals surface area (Å²) in [6.45, 7) is 0.796. The number of nitrogens with zero attached hydrogens (tertiary/aromatic N) is 1. The minimum atomic E-state index is -4.55. The summed E-state index contributed by atoms with van der Waals surface area (Å²) in [5.41, 5.74) is 1.08. The Morgan fingerprint density at radius 1 is 1.21 bits per heavy atom. The van der Waals surface area contributed by atoms with E-state index in [1.807, 2.05) is 30.3 Å². The summed E-state index contributed by atoms with van der Waals surface area (Å²) in [4.78, 5) is 13.9. The largest absolute Gasteiger partial charge is 0.371 e. The minimum Gasteiger partial charge on any atom is -0.371 e. The maximum Gasteiger partial charge on any atom is 0.302 e. The minimum absolute atomic E-state index is 0.0338. The van der Waals surface area contributed by atoms with Crippen molar-refractivity contribution in [2.75, 3.05) is 12.3 Å². The van der Waals surface area contributed by atoms with Crippen molar-refractivity contribution in [1.82, 2.24) is 4.90 Å². The SMILES string of the molecule is O=C1CC(CS(=O)(=O)F)CN1C1CCCC1OCc1ccccc1. The Kier molecular flexibility index (Phi) is 5.20. The Bertz CT molecular complexity index is 679. The van der Waals surface area contributed by atoms with Gasteiger partial charge in [-0.3, -0.25) is 4.79 Å². The van der Waals surface area contributed by atoms with Crippen molar-refractivity contribution >= 4 is 16.1 Å². The van der Waals surface area contributed by atoms with Crippen LogP contribution in [0.4, 0.5) is 3.89 Å². The van der Waals surface area contributed by atoms with E-state index in [2.05, 4.69) is 0 Å². The van der Waals surface area contributed by atoms with Gasteiger partial charge < -0.3 is 9.64 Å². The van der Waals surface area contributed by atoms with E-state index < -0.39 is 21.9 Å². The highest BCUT2D eigenvalue weighted by molar-refractivity contribution is 7.86. The number of likely N-dealkylation sites (tertiary alicyclic amines) is 1. The van der Waals surface area contributed by atoms with Crippen molar-refractivity contribution in [1.29, 1.82) is 0 Å². The first-order valence-corrected chi connectivity index (χ1v) is 9.85. The smallest absolute Gasteiger partial charge is 0.302 e. The Balaban J connectivity index is 1.59. The summed E-state index contributed by atoms with van der Waals surface area (Å²) in [5.74, 6) is -1.12. The van der Waals surface area contributed by atoms with Crippen molar-refractivity contribution in [2.45, 2.75) is 44.4 Å². The van der Waals surface area contributed by atoms with Gasteiger partial charge in [-0.15, -0.1) is 3.89 Å². The van der Waals surface area contributed by atoms with E-state index in [0.717, 1.165) is 24.8 Å². The molecule has 1 saturated heterocycles. The van der Waals surface area contributed by atoms with Gasteiger partial charge in [0.1, 0.15) is 0 Å². The molecule has 24 heavy (non-hydrogen) atoms. The zero-order valence-electron chi connectivity index (χ0n) is 13.4. The molecule has 7 heteroatoms. The lowest BCUT2D eigenvalue weighted by Crippen LogP contribution is -2.42. The molecule has 1 amide bonds. The van der Waals surface area contributed by atoms with Gasteiger partial charge >= 0.3 is 10.2 Å². The molecule has 0 radical (unpaired) electrons. The van der Waals surface area contributed by atoms with E-state index in [1.165, 1.54) is 0 Å². The standard InChI is InChI=1S/C17H22FNO4S/c18-24(21,22)12-14-9-17(20)19(10-14)15-7-4-8-16(15)23-11-13-5-2-1-3-6-13/h1-3,5-6,14-16H,4,7-12H2. The van der Waals surface area contributed by atoms with Crippen LogP contribution in [0.25, 0.3) is 0 Å². The van der Waals surface area contributed by atoms with Crippen LogP contribution >= 0.6 is 0 Å². The number of carbonyl (C=O) groups is 1. The van der Waals surface area contributed by atoms with Gasteiger partial charge in [0.15, 0.2) is 0 Å². The molecule has 132 valence electrons. The van der Waals surface area contributed by atoms with Gasteiger partial charge in [-0.1, -0.05) is 30.3 Å². The highest BCUT2D eigenvalue weighted by Gasteiger charge is 2.41. The van der Waals surface area contributed by atoms with Crippen LogP contribution < -0.4 is 0 Å². The molecule has 2 fully saturated rings. The average molecular weight is 355 g/mol. The molecule has 1 aliphatic carbocycles. The van der Waals surface area contributed by atoms with Gasteiger partial charge in [0, 0.05) is 18.9 Å². The van der Waals surface area contributed by atoms with Crippen LogP contribution in [0.3, 0.4) is 0 Å². The van der Waals surface area contributed by atoms with Crippen LogP contribution in [0.1, 0.15) is 31.2 Å². The Hall–Kier alpha value is -1.47. The molecule has 3 rings (SSSR count). The van der Waals surface area contributed by atoms with Crippen LogP contribution in [0, 0.1) is 5.92 Å². The van der Waals surface area contributed by atoms with E-state index in [0.29, 0.717) is 13.2 Å². The van der Waals surface area contributed by atoms with Crippen molar-refractivity contribution in [2.24, 2.45) is 5.92 Å². The second-order valence-electron chi connectivity index (χ2n) is 6.66. The number of halogens is 1. The zero-order chi connectivity index (χ0) is 17.2. The van der Waals surface area contributed by atoms with E-state index in [4.69, 9.17) is 4.74 Å². The molecule has 1 saturated carbocycles. The second-order valence-corrected chi connectivity index (χ2v) is 8.07. The molecule has 1 aromatic rings. The van der Waals surface area contributed by atoms with Crippen LogP contribution in [-0.4, -0.2) is 43.7 Å². The van der Waals surface area contributed by atoms with Gasteiger partial charge in [-0.2, -0.15) is 8.42 Å². The summed E-state index contributed by atoms with van der Waals surface area (Å²) in [5, 5.41) is 0. The molecule has 3 atom stereocenters. The van der Waals surface area contributed by atoms with Gasteiger partial charge in [-0.05, 0) is 24.8 Å². The fourth-order valence-corrected chi connectivity index (χ4v) is 4.54. The molecule has 0 bridgehead atoms. The van der Waals surface area contributed by atoms with E-state index in [1.54, 1.807) is 4.90 Å². The summed E-state index contributed by atoms with van der Waals surface area (Å²) in [7, 11) is -4.55. The predicted octanol–water partition coefficient (Wildman–Crippen LogP) is 2.27. The number of hydrogen-bond acceptors (Lipinski definition) is 4. The third-order valence-electron chi connectivity index (χ3n) is 4.80. The second kappa shape index (κ2) is 7.19. The highest BCUT2D eigenvalue weighted by Crippen LogP contribution is 2.32. The van der Waals surface area contributed by atoms with Crippen LogP contribution in [-0.2, 0) is 26.4 Å². The van der Waals surface area contributed by atoms with Gasteiger partial charge in [0.25, 0.3) is 0 Å². The fourth-order valence-electron chi connectivity index (χ4n) is 3.76. The number of amides is 1. The van der Waals surface area contributed by atoms with Crippen LogP contribution in [0.2, 0.25) is 0 Å². The Morgan fingerprint density at radius 3 is 2.67 bits per heavy atom. The third-order valence-corrected chi connectivity index (χ3v) is 5.67. The lowest BCUT2D eigenvalue weighted by atomic mass is 10.1. The van der Waals surface area contributed by atoms with Crippen molar-refractivity contribution in [3.05, 3.63) is 35.9 Å². The highest BCUT2D eigenvalue weighted by atomic mass is 32.3. The summed E-state index contributed by atoms with van der Waals surface area (Å²) < 4.78 is 40.5. The summed E-state index contributed by atoms with van der Waals surface area (Å²) >= 11 is 0. The number of rotatable bonds is 6. The molecule has 1 heterocycles.